The molecule has 0 radical (unpaired) electrons. The number of hydrogen-bond acceptors (Lipinski definition) is 4. The summed E-state index contributed by atoms with van der Waals surface area (Å²) in [6.07, 6.45) is 2.55. The molecule has 6 heteroatoms. The Morgan fingerprint density at radius 2 is 1.83 bits per heavy atom. The second-order valence-corrected chi connectivity index (χ2v) is 7.57. The first-order chi connectivity index (χ1) is 14.1. The lowest BCUT2D eigenvalue weighted by molar-refractivity contribution is -0.116. The second kappa shape index (κ2) is 9.98. The van der Waals surface area contributed by atoms with Crippen LogP contribution in [0.25, 0.3) is 0 Å². The minimum Gasteiger partial charge on any atom is -0.491 e. The van der Waals surface area contributed by atoms with Crippen LogP contribution in [0.4, 0.5) is 5.69 Å². The summed E-state index contributed by atoms with van der Waals surface area (Å²) in [6.45, 7) is 2.18. The average Bonchev–Trinajstić information content (AvgIpc) is 2.75. The monoisotopic (exact) mass is 408 g/mol. The maximum Gasteiger partial charge on any atom is 0.244 e. The van der Waals surface area contributed by atoms with Crippen molar-refractivity contribution in [3.63, 3.8) is 0 Å². The number of benzene rings is 2. The molecule has 3 rings (SSSR count). The van der Waals surface area contributed by atoms with Crippen LogP contribution in [0.2, 0.25) is 0 Å². The zero-order chi connectivity index (χ0) is 20.6. The summed E-state index contributed by atoms with van der Waals surface area (Å²) in [5.41, 5.74) is 2.54. The quantitative estimate of drug-likeness (QED) is 0.563. The number of thioether (sulfide) groups is 1. The van der Waals surface area contributed by atoms with E-state index in [1.54, 1.807) is 22.5 Å². The molecule has 0 atom stereocenters. The van der Waals surface area contributed by atoms with E-state index in [2.05, 4.69) is 12.2 Å². The molecule has 2 aromatic carbocycles. The number of amides is 1. The molecule has 1 N–H and O–H groups in total. The fraction of sp³-hybridized carbons (Fsp3) is 0.217. The molecule has 0 aliphatic carbocycles. The third-order valence-electron chi connectivity index (χ3n) is 4.49. The number of aromatic nitrogens is 1. The molecule has 0 bridgehead atoms. The zero-order valence-electron chi connectivity index (χ0n) is 16.6. The van der Waals surface area contributed by atoms with Crippen molar-refractivity contribution in [2.75, 3.05) is 12.4 Å². The van der Waals surface area contributed by atoms with Gasteiger partial charge in [0.2, 0.25) is 11.3 Å². The van der Waals surface area contributed by atoms with Gasteiger partial charge in [-0.05, 0) is 36.2 Å². The predicted octanol–water partition coefficient (Wildman–Crippen LogP) is 4.35. The normalized spacial score (nSPS) is 10.6. The molecule has 0 unspecified atom stereocenters. The highest BCUT2D eigenvalue weighted by Gasteiger charge is 2.11. The van der Waals surface area contributed by atoms with Gasteiger partial charge in [-0.3, -0.25) is 9.59 Å². The highest BCUT2D eigenvalue weighted by atomic mass is 32.2. The molecular weight excluding hydrogens is 384 g/mol. The maximum absolute atomic E-state index is 12.6. The zero-order valence-corrected chi connectivity index (χ0v) is 17.4. The Bertz CT molecular complexity index is 1010. The van der Waals surface area contributed by atoms with Crippen molar-refractivity contribution in [2.24, 2.45) is 0 Å². The Morgan fingerprint density at radius 1 is 1.10 bits per heavy atom. The molecule has 0 fully saturated rings. The van der Waals surface area contributed by atoms with Crippen LogP contribution in [-0.4, -0.2) is 17.6 Å². The maximum atomic E-state index is 12.6. The first kappa shape index (κ1) is 20.7. The van der Waals surface area contributed by atoms with Crippen LogP contribution in [0.15, 0.2) is 76.6 Å². The Kier molecular flexibility index (Phi) is 7.14. The van der Waals surface area contributed by atoms with Gasteiger partial charge in [0.25, 0.3) is 0 Å². The third-order valence-corrected chi connectivity index (χ3v) is 5.54. The van der Waals surface area contributed by atoms with Gasteiger partial charge in [0.15, 0.2) is 5.75 Å². The van der Waals surface area contributed by atoms with E-state index in [1.807, 2.05) is 54.6 Å². The summed E-state index contributed by atoms with van der Waals surface area (Å²) < 4.78 is 6.93. The van der Waals surface area contributed by atoms with Crippen LogP contribution in [0, 0.1) is 0 Å². The number of aryl methyl sites for hydroxylation is 1. The molecule has 0 saturated carbocycles. The molecule has 1 aromatic heterocycles. The van der Waals surface area contributed by atoms with Crippen LogP contribution < -0.4 is 15.5 Å². The molecular formula is C23H24N2O3S. The summed E-state index contributed by atoms with van der Waals surface area (Å²) in [6, 6.07) is 19.3. The van der Waals surface area contributed by atoms with Gasteiger partial charge in [-0.25, -0.2) is 0 Å². The number of nitrogens with one attached hydrogen (secondary N) is 1. The SMILES string of the molecule is CCc1ccc(NC(=O)Cn2cc(OC)c(=O)cc2CSc2ccccc2)cc1. The molecule has 0 spiro atoms. The van der Waals surface area contributed by atoms with E-state index in [4.69, 9.17) is 4.74 Å². The van der Waals surface area contributed by atoms with E-state index in [1.165, 1.54) is 18.7 Å². The van der Waals surface area contributed by atoms with Gasteiger partial charge in [0, 0.05) is 28.1 Å². The van der Waals surface area contributed by atoms with E-state index in [9.17, 15) is 9.59 Å². The van der Waals surface area contributed by atoms with E-state index < -0.39 is 0 Å². The van der Waals surface area contributed by atoms with Crippen molar-refractivity contribution in [2.45, 2.75) is 30.5 Å². The van der Waals surface area contributed by atoms with Gasteiger partial charge in [0.05, 0.1) is 13.3 Å². The number of anilines is 1. The van der Waals surface area contributed by atoms with Crippen LogP contribution in [0.5, 0.6) is 5.75 Å². The Morgan fingerprint density at radius 3 is 2.48 bits per heavy atom. The van der Waals surface area contributed by atoms with Crippen molar-refractivity contribution in [3.8, 4) is 5.75 Å². The molecule has 150 valence electrons. The topological polar surface area (TPSA) is 60.3 Å². The molecule has 1 heterocycles. The molecule has 0 saturated heterocycles. The van der Waals surface area contributed by atoms with Gasteiger partial charge in [-0.15, -0.1) is 11.8 Å². The van der Waals surface area contributed by atoms with E-state index in [0.29, 0.717) is 5.75 Å². The summed E-state index contributed by atoms with van der Waals surface area (Å²) in [5, 5.41) is 2.91. The van der Waals surface area contributed by atoms with E-state index in [0.717, 1.165) is 22.7 Å². The molecule has 29 heavy (non-hydrogen) atoms. The Balaban J connectivity index is 1.76. The standard InChI is InChI=1S/C23H24N2O3S/c1-3-17-9-11-18(12-10-17)24-23(27)15-25-14-22(28-2)21(26)13-19(25)16-29-20-7-5-4-6-8-20/h4-14H,3,15-16H2,1-2H3,(H,24,27). The van der Waals surface area contributed by atoms with Crippen LogP contribution >= 0.6 is 11.8 Å². The number of rotatable bonds is 8. The molecule has 0 aliphatic heterocycles. The Labute approximate surface area is 174 Å². The Hall–Kier alpha value is -2.99. The summed E-state index contributed by atoms with van der Waals surface area (Å²) >= 11 is 1.61. The lowest BCUT2D eigenvalue weighted by atomic mass is 10.1. The number of methoxy groups -OCH3 is 1. The minimum absolute atomic E-state index is 0.0941. The smallest absolute Gasteiger partial charge is 0.244 e. The lowest BCUT2D eigenvalue weighted by Gasteiger charge is -2.15. The van der Waals surface area contributed by atoms with Crippen molar-refractivity contribution in [1.29, 1.82) is 0 Å². The lowest BCUT2D eigenvalue weighted by Crippen LogP contribution is -2.22. The van der Waals surface area contributed by atoms with Gasteiger partial charge in [-0.1, -0.05) is 37.3 Å². The van der Waals surface area contributed by atoms with E-state index >= 15 is 0 Å². The van der Waals surface area contributed by atoms with Crippen LogP contribution in [0.3, 0.4) is 0 Å². The summed E-state index contributed by atoms with van der Waals surface area (Å²) in [5.74, 6) is 0.631. The highest BCUT2D eigenvalue weighted by Crippen LogP contribution is 2.22. The van der Waals surface area contributed by atoms with Gasteiger partial charge < -0.3 is 14.6 Å². The molecule has 0 aliphatic rings. The van der Waals surface area contributed by atoms with Crippen LogP contribution in [-0.2, 0) is 23.5 Å². The first-order valence-corrected chi connectivity index (χ1v) is 10.4. The minimum atomic E-state index is -0.192. The number of hydrogen-bond donors (Lipinski definition) is 1. The third kappa shape index (κ3) is 5.74. The van der Waals surface area contributed by atoms with Gasteiger partial charge >= 0.3 is 0 Å². The van der Waals surface area contributed by atoms with Crippen molar-refractivity contribution in [3.05, 3.63) is 88.3 Å². The number of pyridine rings is 1. The van der Waals surface area contributed by atoms with Gasteiger partial charge in [-0.2, -0.15) is 0 Å². The van der Waals surface area contributed by atoms with Crippen LogP contribution in [0.1, 0.15) is 18.2 Å². The van der Waals surface area contributed by atoms with Crippen molar-refractivity contribution in [1.82, 2.24) is 4.57 Å². The summed E-state index contributed by atoms with van der Waals surface area (Å²) in [4.78, 5) is 25.9. The van der Waals surface area contributed by atoms with Gasteiger partial charge in [0.1, 0.15) is 6.54 Å². The number of carbonyl (C=O) groups excluding carboxylic acids is 1. The van der Waals surface area contributed by atoms with Crippen molar-refractivity contribution >= 4 is 23.4 Å². The molecule has 1 amide bonds. The number of nitrogens with zero attached hydrogens (tertiary/aromatic N) is 1. The first-order valence-electron chi connectivity index (χ1n) is 9.43. The number of ether oxygens (including phenoxy) is 1. The highest BCUT2D eigenvalue weighted by molar-refractivity contribution is 7.98. The number of carbonyl (C=O) groups is 1. The predicted molar refractivity (Wildman–Crippen MR) is 118 cm³/mol. The van der Waals surface area contributed by atoms with E-state index in [-0.39, 0.29) is 23.6 Å². The largest absolute Gasteiger partial charge is 0.491 e. The second-order valence-electron chi connectivity index (χ2n) is 6.53. The summed E-state index contributed by atoms with van der Waals surface area (Å²) in [7, 11) is 1.45. The average molecular weight is 409 g/mol. The molecule has 3 aromatic rings. The van der Waals surface area contributed by atoms with Crippen molar-refractivity contribution < 1.29 is 9.53 Å². The fourth-order valence-corrected chi connectivity index (χ4v) is 3.78. The fourth-order valence-electron chi connectivity index (χ4n) is 2.87. The molecule has 5 nitrogen and oxygen atoms in total.